The number of amides is 1. The van der Waals surface area contributed by atoms with Crippen LogP contribution in [0.4, 0.5) is 4.39 Å². The fraction of sp³-hybridized carbons (Fsp3) is 0.0909. The van der Waals surface area contributed by atoms with Crippen molar-refractivity contribution in [1.29, 1.82) is 0 Å². The van der Waals surface area contributed by atoms with Crippen molar-refractivity contribution >= 4 is 45.0 Å². The van der Waals surface area contributed by atoms with Gasteiger partial charge < -0.3 is 9.88 Å². The number of nitrogens with one attached hydrogen (secondary N) is 1. The van der Waals surface area contributed by atoms with E-state index >= 15 is 0 Å². The Morgan fingerprint density at radius 3 is 2.69 bits per heavy atom. The van der Waals surface area contributed by atoms with Crippen LogP contribution in [0.2, 0.25) is 5.02 Å². The van der Waals surface area contributed by atoms with Crippen LogP contribution in [0.5, 0.6) is 0 Å². The molecular formula is C22H17ClFN3OS. The number of hydrogen-bond acceptors (Lipinski definition) is 3. The zero-order chi connectivity index (χ0) is 20.4. The lowest BCUT2D eigenvalue weighted by Crippen LogP contribution is -2.29. The first kappa shape index (κ1) is 19.4. The number of fused-ring (bicyclic) bond motifs is 1. The molecule has 0 bridgehead atoms. The number of carbonyl (C=O) groups is 1. The number of carbonyl (C=O) groups excluding carboxylic acids is 1. The lowest BCUT2D eigenvalue weighted by molar-refractivity contribution is -0.117. The third-order valence-electron chi connectivity index (χ3n) is 4.55. The Hall–Kier alpha value is -2.96. The van der Waals surface area contributed by atoms with Gasteiger partial charge in [-0.05, 0) is 29.8 Å². The van der Waals surface area contributed by atoms with Crippen molar-refractivity contribution in [3.05, 3.63) is 94.1 Å². The molecule has 1 atom stereocenters. The van der Waals surface area contributed by atoms with Gasteiger partial charge in [0, 0.05) is 40.5 Å². The van der Waals surface area contributed by atoms with Gasteiger partial charge in [0.05, 0.1) is 5.02 Å². The molecule has 4 nitrogen and oxygen atoms in total. The highest BCUT2D eigenvalue weighted by atomic mass is 35.5. The Kier molecular flexibility index (Phi) is 5.47. The second kappa shape index (κ2) is 8.19. The molecule has 1 N–H and O–H groups in total. The van der Waals surface area contributed by atoms with Gasteiger partial charge in [-0.15, -0.1) is 11.3 Å². The second-order valence-corrected chi connectivity index (χ2v) is 7.96. The van der Waals surface area contributed by atoms with Gasteiger partial charge in [-0.25, -0.2) is 9.37 Å². The highest BCUT2D eigenvalue weighted by Crippen LogP contribution is 2.35. The largest absolute Gasteiger partial charge is 0.339 e. The molecule has 2 heterocycles. The van der Waals surface area contributed by atoms with Crippen LogP contribution in [-0.2, 0) is 11.8 Å². The molecule has 2 aromatic heterocycles. The summed E-state index contributed by atoms with van der Waals surface area (Å²) in [6, 6.07) is 13.3. The van der Waals surface area contributed by atoms with Crippen LogP contribution < -0.4 is 5.32 Å². The zero-order valence-corrected chi connectivity index (χ0v) is 17.0. The number of nitrogens with zero attached hydrogens (tertiary/aromatic N) is 2. The molecule has 0 aliphatic heterocycles. The highest BCUT2D eigenvalue weighted by Gasteiger charge is 2.20. The summed E-state index contributed by atoms with van der Waals surface area (Å²) in [6.07, 6.45) is 6.62. The molecule has 0 spiro atoms. The normalized spacial score (nSPS) is 12.5. The van der Waals surface area contributed by atoms with E-state index in [4.69, 9.17) is 11.6 Å². The number of rotatable bonds is 5. The monoisotopic (exact) mass is 425 g/mol. The van der Waals surface area contributed by atoms with E-state index < -0.39 is 6.04 Å². The Morgan fingerprint density at radius 2 is 2.00 bits per heavy atom. The SMILES string of the molecule is Cn1ccnc1C(NC(=O)/C=C/c1sc2ccccc2c1Cl)c1ccc(F)cc1. The van der Waals surface area contributed by atoms with Gasteiger partial charge in [-0.2, -0.15) is 0 Å². The molecule has 2 aromatic carbocycles. The van der Waals surface area contributed by atoms with Crippen LogP contribution in [-0.4, -0.2) is 15.5 Å². The van der Waals surface area contributed by atoms with Gasteiger partial charge in [0.15, 0.2) is 0 Å². The van der Waals surface area contributed by atoms with E-state index in [9.17, 15) is 9.18 Å². The molecule has 0 aliphatic rings. The van der Waals surface area contributed by atoms with Crippen molar-refractivity contribution in [2.24, 2.45) is 7.05 Å². The predicted molar refractivity (Wildman–Crippen MR) is 115 cm³/mol. The van der Waals surface area contributed by atoms with Gasteiger partial charge in [-0.3, -0.25) is 4.79 Å². The molecule has 4 aromatic rings. The summed E-state index contributed by atoms with van der Waals surface area (Å²) in [4.78, 5) is 17.8. The number of thiophene rings is 1. The van der Waals surface area contributed by atoms with Crippen LogP contribution >= 0.6 is 22.9 Å². The van der Waals surface area contributed by atoms with E-state index in [0.29, 0.717) is 10.8 Å². The molecule has 0 aliphatic carbocycles. The molecule has 146 valence electrons. The number of imidazole rings is 1. The summed E-state index contributed by atoms with van der Waals surface area (Å²) in [6.45, 7) is 0. The van der Waals surface area contributed by atoms with Crippen molar-refractivity contribution in [2.45, 2.75) is 6.04 Å². The first-order valence-electron chi connectivity index (χ1n) is 8.91. The number of benzene rings is 2. The van der Waals surface area contributed by atoms with Crippen LogP contribution in [0.15, 0.2) is 67.0 Å². The fourth-order valence-corrected chi connectivity index (χ4v) is 4.49. The summed E-state index contributed by atoms with van der Waals surface area (Å²) in [5.41, 5.74) is 0.738. The molecule has 0 saturated heterocycles. The minimum atomic E-state index is -0.509. The van der Waals surface area contributed by atoms with E-state index in [1.165, 1.54) is 29.5 Å². The van der Waals surface area contributed by atoms with Crippen molar-refractivity contribution in [1.82, 2.24) is 14.9 Å². The van der Waals surface area contributed by atoms with E-state index in [0.717, 1.165) is 20.5 Å². The average molecular weight is 426 g/mol. The first-order valence-corrected chi connectivity index (χ1v) is 10.1. The molecule has 1 unspecified atom stereocenters. The number of hydrogen-bond donors (Lipinski definition) is 1. The van der Waals surface area contributed by atoms with Gasteiger partial charge in [-0.1, -0.05) is 41.9 Å². The van der Waals surface area contributed by atoms with Crippen LogP contribution in [0.25, 0.3) is 16.2 Å². The Bertz CT molecular complexity index is 1200. The summed E-state index contributed by atoms with van der Waals surface area (Å²) >= 11 is 7.96. The molecule has 0 fully saturated rings. The Labute approximate surface area is 176 Å². The molecule has 29 heavy (non-hydrogen) atoms. The van der Waals surface area contributed by atoms with E-state index in [2.05, 4.69) is 10.3 Å². The summed E-state index contributed by atoms with van der Waals surface area (Å²) < 4.78 is 16.2. The maximum atomic E-state index is 13.3. The van der Waals surface area contributed by atoms with Crippen molar-refractivity contribution in [3.63, 3.8) is 0 Å². The van der Waals surface area contributed by atoms with Gasteiger partial charge in [0.1, 0.15) is 17.7 Å². The summed E-state index contributed by atoms with van der Waals surface area (Å²) in [5.74, 6) is 0.0204. The Morgan fingerprint density at radius 1 is 1.24 bits per heavy atom. The zero-order valence-electron chi connectivity index (χ0n) is 15.5. The standard InChI is InChI=1S/C22H17ClFN3OS/c1-27-13-12-25-22(27)21(14-6-8-15(24)9-7-14)26-19(28)11-10-18-20(23)16-4-2-3-5-17(16)29-18/h2-13,21H,1H3,(H,26,28)/b11-10+. The van der Waals surface area contributed by atoms with Crippen LogP contribution in [0.3, 0.4) is 0 Å². The molecule has 1 amide bonds. The van der Waals surface area contributed by atoms with Gasteiger partial charge in [0.2, 0.25) is 5.91 Å². The number of aromatic nitrogens is 2. The number of halogens is 2. The molecule has 0 saturated carbocycles. The number of aryl methyl sites for hydroxylation is 1. The molecular weight excluding hydrogens is 409 g/mol. The lowest BCUT2D eigenvalue weighted by atomic mass is 10.1. The second-order valence-electron chi connectivity index (χ2n) is 6.50. The summed E-state index contributed by atoms with van der Waals surface area (Å²) in [7, 11) is 1.85. The quantitative estimate of drug-likeness (QED) is 0.438. The van der Waals surface area contributed by atoms with Crippen molar-refractivity contribution in [2.75, 3.05) is 0 Å². The van der Waals surface area contributed by atoms with Gasteiger partial charge in [0.25, 0.3) is 0 Å². The third kappa shape index (κ3) is 4.09. The maximum absolute atomic E-state index is 13.3. The molecule has 0 radical (unpaired) electrons. The lowest BCUT2D eigenvalue weighted by Gasteiger charge is -2.18. The summed E-state index contributed by atoms with van der Waals surface area (Å²) in [5, 5.41) is 4.55. The topological polar surface area (TPSA) is 46.9 Å². The van der Waals surface area contributed by atoms with E-state index in [1.807, 2.05) is 35.9 Å². The smallest absolute Gasteiger partial charge is 0.244 e. The molecule has 7 heteroatoms. The van der Waals surface area contributed by atoms with E-state index in [1.54, 1.807) is 30.6 Å². The minimum Gasteiger partial charge on any atom is -0.339 e. The molecule has 4 rings (SSSR count). The van der Waals surface area contributed by atoms with Crippen LogP contribution in [0.1, 0.15) is 22.3 Å². The fourth-order valence-electron chi connectivity index (χ4n) is 3.09. The average Bonchev–Trinajstić information content (AvgIpc) is 3.29. The Balaban J connectivity index is 1.59. The highest BCUT2D eigenvalue weighted by molar-refractivity contribution is 7.20. The van der Waals surface area contributed by atoms with Crippen molar-refractivity contribution < 1.29 is 9.18 Å². The van der Waals surface area contributed by atoms with Crippen molar-refractivity contribution in [3.8, 4) is 0 Å². The third-order valence-corrected chi connectivity index (χ3v) is 6.21. The van der Waals surface area contributed by atoms with Gasteiger partial charge >= 0.3 is 0 Å². The van der Waals surface area contributed by atoms with Crippen LogP contribution in [0, 0.1) is 5.82 Å². The van der Waals surface area contributed by atoms with E-state index in [-0.39, 0.29) is 11.7 Å². The minimum absolute atomic E-state index is 0.296. The predicted octanol–water partition coefficient (Wildman–Crippen LogP) is 5.35. The first-order chi connectivity index (χ1) is 14.0. The maximum Gasteiger partial charge on any atom is 0.244 e.